The number of rotatable bonds is 5. The molecule has 122 valence electrons. The molecule has 0 bridgehead atoms. The summed E-state index contributed by atoms with van der Waals surface area (Å²) in [5.41, 5.74) is 1.37. The number of aromatic nitrogens is 2. The zero-order valence-corrected chi connectivity index (χ0v) is 13.6. The summed E-state index contributed by atoms with van der Waals surface area (Å²) in [7, 11) is 0. The molecule has 1 amide bonds. The molecule has 0 radical (unpaired) electrons. The van der Waals surface area contributed by atoms with Crippen molar-refractivity contribution in [3.8, 4) is 0 Å². The molecule has 24 heavy (non-hydrogen) atoms. The second kappa shape index (κ2) is 7.27. The number of H-pyrrole nitrogens is 1. The molecule has 0 saturated heterocycles. The topological polar surface area (TPSA) is 74.8 Å². The summed E-state index contributed by atoms with van der Waals surface area (Å²) >= 11 is 5.94. The maximum absolute atomic E-state index is 12.1. The van der Waals surface area contributed by atoms with Crippen molar-refractivity contribution < 1.29 is 4.79 Å². The van der Waals surface area contributed by atoms with Crippen LogP contribution in [-0.2, 0) is 17.6 Å². The lowest BCUT2D eigenvalue weighted by molar-refractivity contribution is -0.120. The summed E-state index contributed by atoms with van der Waals surface area (Å²) in [6, 6.07) is 14.7. The van der Waals surface area contributed by atoms with E-state index in [0.29, 0.717) is 34.5 Å². The van der Waals surface area contributed by atoms with E-state index < -0.39 is 0 Å². The van der Waals surface area contributed by atoms with E-state index in [9.17, 15) is 9.59 Å². The molecule has 0 unspecified atom stereocenters. The molecular formula is C18H16ClN3O2. The van der Waals surface area contributed by atoms with Gasteiger partial charge >= 0.3 is 0 Å². The first-order valence-corrected chi connectivity index (χ1v) is 7.99. The second-order valence-electron chi connectivity index (χ2n) is 5.45. The first kappa shape index (κ1) is 16.2. The molecule has 0 fully saturated rings. The largest absolute Gasteiger partial charge is 0.355 e. The average Bonchev–Trinajstić information content (AvgIpc) is 2.58. The number of nitrogens with one attached hydrogen (secondary N) is 2. The van der Waals surface area contributed by atoms with Crippen molar-refractivity contribution in [3.05, 3.63) is 75.2 Å². The molecule has 0 atom stereocenters. The van der Waals surface area contributed by atoms with Crippen molar-refractivity contribution in [3.63, 3.8) is 0 Å². The Balaban J connectivity index is 1.63. The van der Waals surface area contributed by atoms with Gasteiger partial charge < -0.3 is 5.32 Å². The summed E-state index contributed by atoms with van der Waals surface area (Å²) in [6.07, 6.45) is 0.818. The molecule has 3 aromatic rings. The van der Waals surface area contributed by atoms with Gasteiger partial charge in [-0.2, -0.15) is 5.10 Å². The van der Waals surface area contributed by atoms with Gasteiger partial charge in [-0.25, -0.2) is 5.10 Å². The SMILES string of the molecule is O=C(Cc1n[nH]c(=O)c2ccccc12)NCCc1cccc(Cl)c1. The van der Waals surface area contributed by atoms with Crippen molar-refractivity contribution in [2.45, 2.75) is 12.8 Å². The minimum atomic E-state index is -0.254. The molecule has 3 rings (SSSR count). The Morgan fingerprint density at radius 3 is 2.71 bits per heavy atom. The smallest absolute Gasteiger partial charge is 0.272 e. The fraction of sp³-hybridized carbons (Fsp3) is 0.167. The number of nitrogens with zero attached hydrogens (tertiary/aromatic N) is 1. The third kappa shape index (κ3) is 3.81. The van der Waals surface area contributed by atoms with Gasteiger partial charge in [-0.05, 0) is 30.2 Å². The molecular weight excluding hydrogens is 326 g/mol. The maximum Gasteiger partial charge on any atom is 0.272 e. The van der Waals surface area contributed by atoms with Gasteiger partial charge in [0.2, 0.25) is 5.91 Å². The summed E-state index contributed by atoms with van der Waals surface area (Å²) < 4.78 is 0. The molecule has 0 saturated carbocycles. The van der Waals surface area contributed by atoms with Crippen LogP contribution in [-0.4, -0.2) is 22.6 Å². The molecule has 0 aliphatic carbocycles. The van der Waals surface area contributed by atoms with Crippen LogP contribution in [0.15, 0.2) is 53.3 Å². The highest BCUT2D eigenvalue weighted by atomic mass is 35.5. The molecule has 1 heterocycles. The van der Waals surface area contributed by atoms with Gasteiger partial charge in [-0.15, -0.1) is 0 Å². The van der Waals surface area contributed by atoms with E-state index in [1.165, 1.54) is 0 Å². The Morgan fingerprint density at radius 1 is 1.12 bits per heavy atom. The van der Waals surface area contributed by atoms with E-state index in [2.05, 4.69) is 15.5 Å². The van der Waals surface area contributed by atoms with Crippen LogP contribution in [0.3, 0.4) is 0 Å². The molecule has 2 aromatic carbocycles. The second-order valence-corrected chi connectivity index (χ2v) is 5.89. The molecule has 1 aromatic heterocycles. The number of hydrogen-bond acceptors (Lipinski definition) is 3. The number of aromatic amines is 1. The van der Waals surface area contributed by atoms with Gasteiger partial charge in [0.15, 0.2) is 0 Å². The zero-order chi connectivity index (χ0) is 16.9. The van der Waals surface area contributed by atoms with Crippen LogP contribution in [0.25, 0.3) is 10.8 Å². The van der Waals surface area contributed by atoms with E-state index in [4.69, 9.17) is 11.6 Å². The molecule has 0 spiro atoms. The van der Waals surface area contributed by atoms with Gasteiger partial charge in [-0.3, -0.25) is 9.59 Å². The Bertz CT molecular complexity index is 937. The Labute approximate surface area is 143 Å². The number of fused-ring (bicyclic) bond motifs is 1. The minimum Gasteiger partial charge on any atom is -0.355 e. The number of benzene rings is 2. The van der Waals surface area contributed by atoms with Crippen molar-refractivity contribution in [2.24, 2.45) is 0 Å². The maximum atomic E-state index is 12.1. The lowest BCUT2D eigenvalue weighted by atomic mass is 10.1. The average molecular weight is 342 g/mol. The van der Waals surface area contributed by atoms with Gasteiger partial charge in [-0.1, -0.05) is 41.9 Å². The number of amides is 1. The van der Waals surface area contributed by atoms with Crippen molar-refractivity contribution in [1.29, 1.82) is 0 Å². The van der Waals surface area contributed by atoms with E-state index in [-0.39, 0.29) is 17.9 Å². The van der Waals surface area contributed by atoms with E-state index in [1.807, 2.05) is 30.3 Å². The fourth-order valence-electron chi connectivity index (χ4n) is 2.56. The van der Waals surface area contributed by atoms with Gasteiger partial charge in [0, 0.05) is 17.0 Å². The highest BCUT2D eigenvalue weighted by Crippen LogP contribution is 2.13. The predicted molar refractivity (Wildman–Crippen MR) is 94.2 cm³/mol. The molecule has 0 aliphatic rings. The highest BCUT2D eigenvalue weighted by Gasteiger charge is 2.10. The molecule has 2 N–H and O–H groups in total. The Morgan fingerprint density at radius 2 is 1.92 bits per heavy atom. The summed E-state index contributed by atoms with van der Waals surface area (Å²) in [5, 5.41) is 11.2. The number of hydrogen-bond donors (Lipinski definition) is 2. The van der Waals surface area contributed by atoms with E-state index in [0.717, 1.165) is 5.56 Å². The lowest BCUT2D eigenvalue weighted by Gasteiger charge is -2.07. The summed E-state index contributed by atoms with van der Waals surface area (Å²) in [4.78, 5) is 23.9. The van der Waals surface area contributed by atoms with Crippen LogP contribution < -0.4 is 10.9 Å². The standard InChI is InChI=1S/C18H16ClN3O2/c19-13-5-3-4-12(10-13)8-9-20-17(23)11-16-14-6-1-2-7-15(14)18(24)22-21-16/h1-7,10H,8-9,11H2,(H,20,23)(H,22,24). The minimum absolute atomic E-state index is 0.118. The van der Waals surface area contributed by atoms with Gasteiger partial charge in [0.25, 0.3) is 5.56 Å². The molecule has 5 nitrogen and oxygen atoms in total. The van der Waals surface area contributed by atoms with Crippen LogP contribution in [0.4, 0.5) is 0 Å². The van der Waals surface area contributed by atoms with Gasteiger partial charge in [0.1, 0.15) is 0 Å². The summed E-state index contributed by atoms with van der Waals surface area (Å²) in [6.45, 7) is 0.514. The first-order valence-electron chi connectivity index (χ1n) is 7.61. The van der Waals surface area contributed by atoms with Gasteiger partial charge in [0.05, 0.1) is 17.5 Å². The molecule has 0 aliphatic heterocycles. The monoisotopic (exact) mass is 341 g/mol. The molecule has 6 heteroatoms. The summed E-state index contributed by atoms with van der Waals surface area (Å²) in [5.74, 6) is -0.137. The fourth-order valence-corrected chi connectivity index (χ4v) is 2.77. The number of carbonyl (C=O) groups excluding carboxylic acids is 1. The van der Waals surface area contributed by atoms with E-state index >= 15 is 0 Å². The van der Waals surface area contributed by atoms with Crippen LogP contribution in [0.2, 0.25) is 5.02 Å². The lowest BCUT2D eigenvalue weighted by Crippen LogP contribution is -2.28. The Kier molecular flexibility index (Phi) is 4.91. The predicted octanol–water partition coefficient (Wildman–Crippen LogP) is 2.48. The van der Waals surface area contributed by atoms with Crippen LogP contribution >= 0.6 is 11.6 Å². The zero-order valence-electron chi connectivity index (χ0n) is 12.9. The normalized spacial score (nSPS) is 10.7. The van der Waals surface area contributed by atoms with Crippen molar-refractivity contribution in [1.82, 2.24) is 15.5 Å². The number of carbonyl (C=O) groups is 1. The van der Waals surface area contributed by atoms with Crippen LogP contribution in [0.1, 0.15) is 11.3 Å². The van der Waals surface area contributed by atoms with Crippen molar-refractivity contribution in [2.75, 3.05) is 6.54 Å². The van der Waals surface area contributed by atoms with Crippen LogP contribution in [0.5, 0.6) is 0 Å². The van der Waals surface area contributed by atoms with E-state index in [1.54, 1.807) is 18.2 Å². The van der Waals surface area contributed by atoms with Crippen molar-refractivity contribution >= 4 is 28.3 Å². The quantitative estimate of drug-likeness (QED) is 0.748. The van der Waals surface area contributed by atoms with Crippen LogP contribution in [0, 0.1) is 0 Å². The third-order valence-corrected chi connectivity index (χ3v) is 3.96. The third-order valence-electron chi connectivity index (χ3n) is 3.73. The first-order chi connectivity index (χ1) is 11.6. The highest BCUT2D eigenvalue weighted by molar-refractivity contribution is 6.30. The Hall–Kier alpha value is -2.66. The number of halogens is 1.